The Morgan fingerprint density at radius 1 is 1.43 bits per heavy atom. The summed E-state index contributed by atoms with van der Waals surface area (Å²) < 4.78 is 0. The molecule has 6 nitrogen and oxygen atoms in total. The third-order valence-electron chi connectivity index (χ3n) is 3.86. The number of urea groups is 1. The maximum atomic E-state index is 12.2. The van der Waals surface area contributed by atoms with E-state index in [9.17, 15) is 9.59 Å². The lowest BCUT2D eigenvalue weighted by Crippen LogP contribution is -2.46. The molecule has 1 fully saturated rings. The number of aromatic nitrogens is 1. The van der Waals surface area contributed by atoms with Crippen LogP contribution in [0.1, 0.15) is 55.2 Å². The van der Waals surface area contributed by atoms with Crippen LogP contribution in [0, 0.1) is 5.41 Å². The van der Waals surface area contributed by atoms with Crippen molar-refractivity contribution in [3.63, 3.8) is 0 Å². The number of thiazole rings is 1. The summed E-state index contributed by atoms with van der Waals surface area (Å²) in [4.78, 5) is 28.9. The largest absolute Gasteiger partial charge is 0.476 e. The Hall–Kier alpha value is -1.63. The molecule has 0 spiro atoms. The fourth-order valence-corrected chi connectivity index (χ4v) is 3.04. The third kappa shape index (κ3) is 3.93. The van der Waals surface area contributed by atoms with E-state index in [1.165, 1.54) is 16.7 Å². The van der Waals surface area contributed by atoms with Crippen LogP contribution in [0.25, 0.3) is 0 Å². The van der Waals surface area contributed by atoms with Gasteiger partial charge in [0.05, 0.1) is 6.04 Å². The van der Waals surface area contributed by atoms with Crippen LogP contribution >= 0.6 is 11.3 Å². The van der Waals surface area contributed by atoms with Crippen molar-refractivity contribution in [2.24, 2.45) is 5.41 Å². The van der Waals surface area contributed by atoms with Gasteiger partial charge in [0.2, 0.25) is 0 Å². The highest BCUT2D eigenvalue weighted by Crippen LogP contribution is 2.29. The molecule has 1 aromatic heterocycles. The number of carboxylic acid groups (broad SMARTS) is 1. The van der Waals surface area contributed by atoms with Crippen molar-refractivity contribution in [1.82, 2.24) is 15.2 Å². The SMILES string of the molecule is CC(NC(=O)N1CCC(C)(C)CC1)c1nc(C(=O)O)cs1. The fourth-order valence-electron chi connectivity index (χ4n) is 2.24. The molecule has 21 heavy (non-hydrogen) atoms. The zero-order valence-electron chi connectivity index (χ0n) is 12.5. The van der Waals surface area contributed by atoms with E-state index in [1.807, 2.05) is 11.8 Å². The molecule has 0 radical (unpaired) electrons. The minimum absolute atomic E-state index is 0.0239. The van der Waals surface area contributed by atoms with Gasteiger partial charge < -0.3 is 15.3 Å². The molecular weight excluding hydrogens is 290 g/mol. The quantitative estimate of drug-likeness (QED) is 0.899. The van der Waals surface area contributed by atoms with Crippen molar-refractivity contribution in [3.05, 3.63) is 16.1 Å². The van der Waals surface area contributed by atoms with Gasteiger partial charge in [-0.3, -0.25) is 0 Å². The summed E-state index contributed by atoms with van der Waals surface area (Å²) in [6.07, 6.45) is 1.99. The van der Waals surface area contributed by atoms with Crippen molar-refractivity contribution >= 4 is 23.3 Å². The molecule has 1 aliphatic rings. The third-order valence-corrected chi connectivity index (χ3v) is 4.88. The zero-order valence-corrected chi connectivity index (χ0v) is 13.4. The molecule has 0 aliphatic carbocycles. The molecule has 116 valence electrons. The second-order valence-electron chi connectivity index (χ2n) is 6.20. The Morgan fingerprint density at radius 3 is 2.57 bits per heavy atom. The van der Waals surface area contributed by atoms with Crippen molar-refractivity contribution in [1.29, 1.82) is 0 Å². The minimum Gasteiger partial charge on any atom is -0.476 e. The summed E-state index contributed by atoms with van der Waals surface area (Å²) in [5.74, 6) is -1.05. The van der Waals surface area contributed by atoms with Crippen LogP contribution in [-0.4, -0.2) is 40.1 Å². The van der Waals surface area contributed by atoms with Crippen LogP contribution in [0.2, 0.25) is 0 Å². The standard InChI is InChI=1S/C14H21N3O3S/c1-9(11-16-10(8-21-11)12(18)19)15-13(20)17-6-4-14(2,3)5-7-17/h8-9H,4-7H2,1-3H3,(H,15,20)(H,18,19). The summed E-state index contributed by atoms with van der Waals surface area (Å²) >= 11 is 1.25. The zero-order chi connectivity index (χ0) is 15.6. The van der Waals surface area contributed by atoms with Gasteiger partial charge in [0.25, 0.3) is 0 Å². The number of nitrogens with zero attached hydrogens (tertiary/aromatic N) is 2. The van der Waals surface area contributed by atoms with Gasteiger partial charge in [0, 0.05) is 18.5 Å². The van der Waals surface area contributed by atoms with Crippen LogP contribution in [0.5, 0.6) is 0 Å². The maximum absolute atomic E-state index is 12.2. The van der Waals surface area contributed by atoms with Crippen LogP contribution in [0.4, 0.5) is 4.79 Å². The van der Waals surface area contributed by atoms with Crippen LogP contribution < -0.4 is 5.32 Å². The average molecular weight is 311 g/mol. The van der Waals surface area contributed by atoms with E-state index in [4.69, 9.17) is 5.11 Å². The van der Waals surface area contributed by atoms with Crippen molar-refractivity contribution in [3.8, 4) is 0 Å². The molecule has 0 bridgehead atoms. The Labute approximate surface area is 128 Å². The van der Waals surface area contributed by atoms with Gasteiger partial charge in [-0.2, -0.15) is 0 Å². The first-order valence-corrected chi connectivity index (χ1v) is 7.91. The van der Waals surface area contributed by atoms with Crippen LogP contribution in [0.15, 0.2) is 5.38 Å². The predicted molar refractivity (Wildman–Crippen MR) is 80.6 cm³/mol. The lowest BCUT2D eigenvalue weighted by molar-refractivity contribution is 0.0691. The number of piperidine rings is 1. The maximum Gasteiger partial charge on any atom is 0.355 e. The molecule has 1 saturated heterocycles. The summed E-state index contributed by atoms with van der Waals surface area (Å²) in [6, 6.07) is -0.393. The van der Waals surface area contributed by atoms with Gasteiger partial charge in [0.15, 0.2) is 5.69 Å². The lowest BCUT2D eigenvalue weighted by atomic mass is 9.83. The molecule has 0 aromatic carbocycles. The van der Waals surface area contributed by atoms with E-state index in [0.29, 0.717) is 10.4 Å². The van der Waals surface area contributed by atoms with Gasteiger partial charge in [-0.15, -0.1) is 11.3 Å². The number of nitrogens with one attached hydrogen (secondary N) is 1. The van der Waals surface area contributed by atoms with Crippen molar-refractivity contribution in [2.75, 3.05) is 13.1 Å². The number of amides is 2. The predicted octanol–water partition coefficient (Wildman–Crippen LogP) is 2.73. The average Bonchev–Trinajstić information content (AvgIpc) is 2.88. The molecule has 2 rings (SSSR count). The molecule has 2 heterocycles. The van der Waals surface area contributed by atoms with Gasteiger partial charge in [-0.1, -0.05) is 13.8 Å². The summed E-state index contributed by atoms with van der Waals surface area (Å²) in [6.45, 7) is 7.76. The van der Waals surface area contributed by atoms with E-state index in [-0.39, 0.29) is 17.8 Å². The van der Waals surface area contributed by atoms with Gasteiger partial charge >= 0.3 is 12.0 Å². The monoisotopic (exact) mass is 311 g/mol. The highest BCUT2D eigenvalue weighted by Gasteiger charge is 2.28. The smallest absolute Gasteiger partial charge is 0.355 e. The Morgan fingerprint density at radius 2 is 2.05 bits per heavy atom. The number of hydrogen-bond donors (Lipinski definition) is 2. The number of likely N-dealkylation sites (tertiary alicyclic amines) is 1. The minimum atomic E-state index is -1.05. The molecule has 1 atom stereocenters. The first-order chi connectivity index (χ1) is 9.78. The summed E-state index contributed by atoms with van der Waals surface area (Å²) in [5, 5.41) is 13.8. The molecule has 1 aliphatic heterocycles. The van der Waals surface area contributed by atoms with Gasteiger partial charge in [0.1, 0.15) is 5.01 Å². The van der Waals surface area contributed by atoms with E-state index < -0.39 is 5.97 Å². The first-order valence-electron chi connectivity index (χ1n) is 7.03. The molecule has 1 aromatic rings. The Balaban J connectivity index is 1.91. The van der Waals surface area contributed by atoms with Crippen molar-refractivity contribution in [2.45, 2.75) is 39.7 Å². The van der Waals surface area contributed by atoms with E-state index >= 15 is 0 Å². The van der Waals surface area contributed by atoms with E-state index in [1.54, 1.807) is 0 Å². The summed E-state index contributed by atoms with van der Waals surface area (Å²) in [7, 11) is 0. The summed E-state index contributed by atoms with van der Waals surface area (Å²) in [5.41, 5.74) is 0.324. The lowest BCUT2D eigenvalue weighted by Gasteiger charge is -2.37. The topological polar surface area (TPSA) is 82.5 Å². The first kappa shape index (κ1) is 15.8. The number of carbonyl (C=O) groups is 2. The van der Waals surface area contributed by atoms with Crippen molar-refractivity contribution < 1.29 is 14.7 Å². The number of rotatable bonds is 3. The molecule has 7 heteroatoms. The number of hydrogen-bond acceptors (Lipinski definition) is 4. The molecule has 1 unspecified atom stereocenters. The number of aromatic carboxylic acids is 1. The van der Waals surface area contributed by atoms with Gasteiger partial charge in [-0.25, -0.2) is 14.6 Å². The van der Waals surface area contributed by atoms with Crippen LogP contribution in [0.3, 0.4) is 0 Å². The highest BCUT2D eigenvalue weighted by molar-refractivity contribution is 7.09. The Bertz CT molecular complexity index is 531. The highest BCUT2D eigenvalue weighted by atomic mass is 32.1. The van der Waals surface area contributed by atoms with Gasteiger partial charge in [-0.05, 0) is 25.2 Å². The normalized spacial score (nSPS) is 19.1. The molecule has 0 saturated carbocycles. The Kier molecular flexibility index (Phi) is 4.51. The van der Waals surface area contributed by atoms with E-state index in [2.05, 4.69) is 24.1 Å². The molecular formula is C14H21N3O3S. The van der Waals surface area contributed by atoms with E-state index in [0.717, 1.165) is 25.9 Å². The van der Waals surface area contributed by atoms with Crippen LogP contribution in [-0.2, 0) is 0 Å². The number of carboxylic acids is 1. The second-order valence-corrected chi connectivity index (χ2v) is 7.09. The number of carbonyl (C=O) groups excluding carboxylic acids is 1. The molecule has 2 amide bonds. The second kappa shape index (κ2) is 6.01. The molecule has 2 N–H and O–H groups in total. The fraction of sp³-hybridized carbons (Fsp3) is 0.643.